The summed E-state index contributed by atoms with van der Waals surface area (Å²) in [5.74, 6) is 0. The molecule has 0 radical (unpaired) electrons. The number of hydrogen-bond acceptors (Lipinski definition) is 1. The summed E-state index contributed by atoms with van der Waals surface area (Å²) in [5, 5.41) is 3.22. The van der Waals surface area contributed by atoms with E-state index in [9.17, 15) is 0 Å². The van der Waals surface area contributed by atoms with Crippen molar-refractivity contribution >= 4 is 43.0 Å². The SMILES string of the molecule is C[Si](C)(CC[Si](C)(C)c1ccccc1)N[Si](C)(C)CC[Si](C)(C)c1ccccc1. The molecule has 1 N–H and O–H groups in total. The third-order valence-corrected chi connectivity index (χ3v) is 22.7. The monoisotopic (exact) mass is 457 g/mol. The predicted molar refractivity (Wildman–Crippen MR) is 144 cm³/mol. The van der Waals surface area contributed by atoms with Crippen LogP contribution in [0.2, 0.25) is 76.6 Å². The van der Waals surface area contributed by atoms with Gasteiger partial charge in [0.2, 0.25) is 0 Å². The Balaban J connectivity index is 1.94. The molecule has 0 saturated heterocycles. The van der Waals surface area contributed by atoms with Crippen LogP contribution in [0.3, 0.4) is 0 Å². The molecule has 2 aromatic carbocycles. The molecule has 0 unspecified atom stereocenters. The van der Waals surface area contributed by atoms with Crippen molar-refractivity contribution in [2.45, 2.75) is 76.6 Å². The Morgan fingerprint density at radius 2 is 0.793 bits per heavy atom. The Hall–Kier alpha value is -0.732. The largest absolute Gasteiger partial charge is 0.359 e. The second-order valence-electron chi connectivity index (χ2n) is 11.4. The Morgan fingerprint density at radius 1 is 0.483 bits per heavy atom. The van der Waals surface area contributed by atoms with Crippen LogP contribution in [0.5, 0.6) is 0 Å². The number of benzene rings is 2. The van der Waals surface area contributed by atoms with E-state index in [4.69, 9.17) is 0 Å². The topological polar surface area (TPSA) is 12.0 Å². The average Bonchev–Trinajstić information content (AvgIpc) is 2.66. The predicted octanol–water partition coefficient (Wildman–Crippen LogP) is 6.22. The smallest absolute Gasteiger partial charge is 0.112 e. The molecule has 2 rings (SSSR count). The van der Waals surface area contributed by atoms with Gasteiger partial charge < -0.3 is 4.65 Å². The molecule has 0 saturated carbocycles. The molecule has 2 aromatic rings. The summed E-state index contributed by atoms with van der Waals surface area (Å²) in [6.07, 6.45) is 0. The molecule has 160 valence electrons. The normalized spacial score (nSPS) is 13.5. The average molecular weight is 458 g/mol. The van der Waals surface area contributed by atoms with Crippen molar-refractivity contribution in [3.8, 4) is 0 Å². The quantitative estimate of drug-likeness (QED) is 0.418. The van der Waals surface area contributed by atoms with Crippen molar-refractivity contribution in [3.63, 3.8) is 0 Å². The van der Waals surface area contributed by atoms with E-state index in [0.717, 1.165) is 0 Å². The van der Waals surface area contributed by atoms with Crippen LogP contribution in [0.15, 0.2) is 60.7 Å². The van der Waals surface area contributed by atoms with Gasteiger partial charge in [-0.1, -0.05) is 136 Å². The van der Waals surface area contributed by atoms with E-state index in [2.05, 4.69) is 118 Å². The molecule has 1 nitrogen and oxygen atoms in total. The molecule has 0 atom stereocenters. The van der Waals surface area contributed by atoms with Crippen LogP contribution < -0.4 is 15.0 Å². The molecule has 0 aliphatic rings. The first-order chi connectivity index (χ1) is 13.3. The molecule has 0 bridgehead atoms. The second kappa shape index (κ2) is 9.60. The molecule has 0 aromatic heterocycles. The van der Waals surface area contributed by atoms with E-state index in [-0.39, 0.29) is 0 Å². The van der Waals surface area contributed by atoms with E-state index in [1.165, 1.54) is 24.2 Å². The van der Waals surface area contributed by atoms with Crippen LogP contribution in [-0.4, -0.2) is 32.6 Å². The molecular weight excluding hydrogens is 415 g/mol. The van der Waals surface area contributed by atoms with Gasteiger partial charge in [-0.2, -0.15) is 0 Å². The van der Waals surface area contributed by atoms with Crippen LogP contribution >= 0.6 is 0 Å². The zero-order chi connectivity index (χ0) is 21.8. The van der Waals surface area contributed by atoms with Gasteiger partial charge in [0.25, 0.3) is 0 Å². The molecule has 29 heavy (non-hydrogen) atoms. The molecule has 0 fully saturated rings. The van der Waals surface area contributed by atoms with Gasteiger partial charge in [-0.25, -0.2) is 0 Å². The molecule has 0 spiro atoms. The van der Waals surface area contributed by atoms with Gasteiger partial charge in [-0.15, -0.1) is 0 Å². The highest BCUT2D eigenvalue weighted by atomic mass is 28.4. The van der Waals surface area contributed by atoms with E-state index in [0.29, 0.717) is 0 Å². The number of nitrogens with one attached hydrogen (secondary N) is 1. The first kappa shape index (κ1) is 24.5. The van der Waals surface area contributed by atoms with Crippen molar-refractivity contribution in [2.75, 3.05) is 0 Å². The standard InChI is InChI=1S/C24H43NSi4/c1-26(2,23-15-11-9-12-16-23)19-21-28(5,6)25-29(7,8)22-20-27(3,4)24-17-13-10-14-18-24/h9-18,25H,19-22H2,1-8H3. The maximum absolute atomic E-state index is 4.30. The van der Waals surface area contributed by atoms with Crippen LogP contribution in [0, 0.1) is 0 Å². The Labute approximate surface area is 184 Å². The number of rotatable bonds is 10. The van der Waals surface area contributed by atoms with Crippen molar-refractivity contribution < 1.29 is 0 Å². The number of hydrogen-bond donors (Lipinski definition) is 1. The highest BCUT2D eigenvalue weighted by Gasteiger charge is 2.35. The van der Waals surface area contributed by atoms with Crippen LogP contribution in [0.4, 0.5) is 0 Å². The minimum absolute atomic E-state index is 1.34. The van der Waals surface area contributed by atoms with Gasteiger partial charge in [0, 0.05) is 0 Å². The van der Waals surface area contributed by atoms with E-state index < -0.39 is 32.6 Å². The summed E-state index contributed by atoms with van der Waals surface area (Å²) in [6.45, 7) is 20.4. The Bertz CT molecular complexity index is 689. The summed E-state index contributed by atoms with van der Waals surface area (Å²) in [4.78, 5) is 0. The zero-order valence-corrected chi connectivity index (χ0v) is 24.1. The lowest BCUT2D eigenvalue weighted by Crippen LogP contribution is -2.60. The minimum Gasteiger partial charge on any atom is -0.359 e. The fraction of sp³-hybridized carbons (Fsp3) is 0.500. The van der Waals surface area contributed by atoms with Crippen LogP contribution in [-0.2, 0) is 0 Å². The zero-order valence-electron chi connectivity index (χ0n) is 20.1. The molecule has 0 amide bonds. The first-order valence-electron chi connectivity index (χ1n) is 11.2. The fourth-order valence-electron chi connectivity index (χ4n) is 4.36. The van der Waals surface area contributed by atoms with Gasteiger partial charge in [0.15, 0.2) is 0 Å². The van der Waals surface area contributed by atoms with Crippen molar-refractivity contribution in [1.29, 1.82) is 0 Å². The van der Waals surface area contributed by atoms with Gasteiger partial charge in [-0.3, -0.25) is 0 Å². The fourth-order valence-corrected chi connectivity index (χ4v) is 25.5. The van der Waals surface area contributed by atoms with Crippen LogP contribution in [0.25, 0.3) is 0 Å². The molecule has 0 aliphatic carbocycles. The molecular formula is C24H43NSi4. The van der Waals surface area contributed by atoms with Crippen molar-refractivity contribution in [1.82, 2.24) is 4.65 Å². The van der Waals surface area contributed by atoms with Gasteiger partial charge in [0.05, 0.1) is 16.1 Å². The van der Waals surface area contributed by atoms with Crippen LogP contribution in [0.1, 0.15) is 0 Å². The first-order valence-corrected chi connectivity index (χ1v) is 24.1. The molecule has 0 heterocycles. The van der Waals surface area contributed by atoms with Gasteiger partial charge in [-0.05, 0) is 12.1 Å². The maximum Gasteiger partial charge on any atom is 0.112 e. The summed E-state index contributed by atoms with van der Waals surface area (Å²) in [7, 11) is -5.47. The minimum atomic E-state index is -1.40. The maximum atomic E-state index is 4.30. The van der Waals surface area contributed by atoms with Crippen molar-refractivity contribution in [3.05, 3.63) is 60.7 Å². The third-order valence-electron chi connectivity index (χ3n) is 6.54. The highest BCUT2D eigenvalue weighted by Crippen LogP contribution is 2.24. The summed E-state index contributed by atoms with van der Waals surface area (Å²) < 4.78 is 4.30. The van der Waals surface area contributed by atoms with Crippen molar-refractivity contribution in [2.24, 2.45) is 0 Å². The Kier molecular flexibility index (Phi) is 8.12. The van der Waals surface area contributed by atoms with E-state index in [1.54, 1.807) is 10.4 Å². The molecule has 5 heteroatoms. The summed E-state index contributed by atoms with van der Waals surface area (Å²) in [5.41, 5.74) is 0. The third kappa shape index (κ3) is 7.79. The highest BCUT2D eigenvalue weighted by molar-refractivity contribution is 6.95. The second-order valence-corrected chi connectivity index (χ2v) is 30.6. The van der Waals surface area contributed by atoms with E-state index >= 15 is 0 Å². The lowest BCUT2D eigenvalue weighted by atomic mass is 10.4. The summed E-state index contributed by atoms with van der Waals surface area (Å²) >= 11 is 0. The van der Waals surface area contributed by atoms with Gasteiger partial charge in [0.1, 0.15) is 16.5 Å². The lowest BCUT2D eigenvalue weighted by molar-refractivity contribution is 1.14. The Morgan fingerprint density at radius 3 is 1.10 bits per heavy atom. The van der Waals surface area contributed by atoms with E-state index in [1.807, 2.05) is 0 Å². The van der Waals surface area contributed by atoms with Gasteiger partial charge >= 0.3 is 0 Å². The lowest BCUT2D eigenvalue weighted by Gasteiger charge is -2.38. The molecule has 0 aliphatic heterocycles. The summed E-state index contributed by atoms with van der Waals surface area (Å²) in [6, 6.07) is 28.1.